The molecule has 1 aliphatic carbocycles. The minimum Gasteiger partial charge on any atom is -0.456 e. The molecule has 9 aromatic carbocycles. The minimum absolute atomic E-state index is 0.418. The van der Waals surface area contributed by atoms with E-state index in [4.69, 9.17) is 14.4 Å². The van der Waals surface area contributed by atoms with Gasteiger partial charge in [-0.1, -0.05) is 200 Å². The Labute approximate surface area is 360 Å². The van der Waals surface area contributed by atoms with E-state index >= 15 is 0 Å². The van der Waals surface area contributed by atoms with Gasteiger partial charge in [-0.2, -0.15) is 0 Å². The maximum Gasteiger partial charge on any atom is 0.160 e. The van der Waals surface area contributed by atoms with Gasteiger partial charge < -0.3 is 4.42 Å². The van der Waals surface area contributed by atoms with Gasteiger partial charge in [0.15, 0.2) is 5.82 Å². The lowest BCUT2D eigenvalue weighted by atomic mass is 9.67. The average molecular weight is 791 g/mol. The maximum atomic E-state index is 6.25. The first-order valence-electron chi connectivity index (χ1n) is 21.1. The van der Waals surface area contributed by atoms with Crippen LogP contribution >= 0.6 is 0 Å². The van der Waals surface area contributed by atoms with Crippen molar-refractivity contribution >= 4 is 21.9 Å². The zero-order valence-corrected chi connectivity index (χ0v) is 33.7. The number of rotatable bonds is 7. The Bertz CT molecular complexity index is 3400. The molecule has 0 spiro atoms. The zero-order valence-electron chi connectivity index (χ0n) is 33.7. The fourth-order valence-corrected chi connectivity index (χ4v) is 9.78. The predicted molar refractivity (Wildman–Crippen MR) is 254 cm³/mol. The lowest BCUT2D eigenvalue weighted by Crippen LogP contribution is -2.28. The summed E-state index contributed by atoms with van der Waals surface area (Å²) >= 11 is 0. The van der Waals surface area contributed by atoms with Gasteiger partial charge in [-0.15, -0.1) is 0 Å². The van der Waals surface area contributed by atoms with Crippen molar-refractivity contribution in [1.29, 1.82) is 0 Å². The summed E-state index contributed by atoms with van der Waals surface area (Å²) in [5.41, 5.74) is 18.3. The van der Waals surface area contributed by atoms with Crippen molar-refractivity contribution in [2.45, 2.75) is 5.41 Å². The van der Waals surface area contributed by atoms with Crippen molar-refractivity contribution < 1.29 is 4.42 Å². The van der Waals surface area contributed by atoms with Crippen LogP contribution in [0.2, 0.25) is 0 Å². The summed E-state index contributed by atoms with van der Waals surface area (Å²) in [7, 11) is 0. The molecule has 0 aliphatic heterocycles. The Morgan fingerprint density at radius 3 is 1.65 bits per heavy atom. The lowest BCUT2D eigenvalue weighted by molar-refractivity contribution is 0.669. The molecule has 290 valence electrons. The number of fused-ring (bicyclic) bond motifs is 6. The van der Waals surface area contributed by atoms with E-state index in [-0.39, 0.29) is 0 Å². The number of hydrogen-bond acceptors (Lipinski definition) is 3. The van der Waals surface area contributed by atoms with Crippen molar-refractivity contribution in [1.82, 2.24) is 9.97 Å². The first-order valence-corrected chi connectivity index (χ1v) is 21.1. The van der Waals surface area contributed by atoms with Crippen LogP contribution in [0.25, 0.3) is 89.2 Å². The molecule has 0 saturated carbocycles. The monoisotopic (exact) mass is 790 g/mol. The maximum absolute atomic E-state index is 6.25. The third-order valence-corrected chi connectivity index (χ3v) is 12.6. The number of para-hydroxylation sites is 1. The Morgan fingerprint density at radius 2 is 0.871 bits per heavy atom. The molecule has 0 radical (unpaired) electrons. The van der Waals surface area contributed by atoms with Crippen molar-refractivity contribution in [3.63, 3.8) is 0 Å². The van der Waals surface area contributed by atoms with Crippen molar-refractivity contribution in [2.24, 2.45) is 0 Å². The van der Waals surface area contributed by atoms with E-state index in [9.17, 15) is 0 Å². The standard InChI is InChI=1S/C59H38N2O/c1-4-16-41(17-5-1)58-60-53(38-54(61-58)44-19-14-18-43(36-44)47-26-15-29-56-57(47)49-25-11-13-28-55(49)62-56)40-32-30-39(31-33-40)42-34-35-52-50(37-42)48-24-10-12-27-51(48)59(52,45-20-6-2-7-21-45)46-22-8-3-9-23-46/h1-38H. The third kappa shape index (κ3) is 5.74. The van der Waals surface area contributed by atoms with E-state index in [2.05, 4.69) is 194 Å². The molecule has 3 nitrogen and oxygen atoms in total. The van der Waals surface area contributed by atoms with Gasteiger partial charge in [0, 0.05) is 27.5 Å². The molecule has 2 aromatic heterocycles. The summed E-state index contributed by atoms with van der Waals surface area (Å²) in [6, 6.07) is 82.2. The second-order valence-electron chi connectivity index (χ2n) is 16.1. The van der Waals surface area contributed by atoms with E-state index in [0.717, 1.165) is 66.7 Å². The zero-order chi connectivity index (χ0) is 41.0. The Hall–Kier alpha value is -8.14. The molecule has 0 bridgehead atoms. The van der Waals surface area contributed by atoms with E-state index < -0.39 is 5.41 Å². The normalized spacial score (nSPS) is 12.6. The first kappa shape index (κ1) is 35.8. The largest absolute Gasteiger partial charge is 0.456 e. The Balaban J connectivity index is 0.946. The number of benzene rings is 9. The summed E-state index contributed by atoms with van der Waals surface area (Å²) < 4.78 is 6.25. The highest BCUT2D eigenvalue weighted by atomic mass is 16.3. The van der Waals surface area contributed by atoms with Gasteiger partial charge in [0.1, 0.15) is 11.2 Å². The molecule has 12 rings (SSSR count). The topological polar surface area (TPSA) is 38.9 Å². The highest BCUT2D eigenvalue weighted by Gasteiger charge is 2.45. The third-order valence-electron chi connectivity index (χ3n) is 12.6. The van der Waals surface area contributed by atoms with Crippen LogP contribution in [-0.4, -0.2) is 9.97 Å². The van der Waals surface area contributed by atoms with Crippen LogP contribution in [0.4, 0.5) is 0 Å². The number of nitrogens with zero attached hydrogens (tertiary/aromatic N) is 2. The fourth-order valence-electron chi connectivity index (χ4n) is 9.78. The number of aromatic nitrogens is 2. The van der Waals surface area contributed by atoms with E-state index in [1.54, 1.807) is 0 Å². The minimum atomic E-state index is -0.418. The molecule has 1 aliphatic rings. The average Bonchev–Trinajstić information content (AvgIpc) is 3.89. The van der Waals surface area contributed by atoms with Crippen molar-refractivity contribution in [2.75, 3.05) is 0 Å². The molecule has 0 N–H and O–H groups in total. The fraction of sp³-hybridized carbons (Fsp3) is 0.0169. The molecular formula is C59H38N2O. The molecular weight excluding hydrogens is 753 g/mol. The van der Waals surface area contributed by atoms with Crippen LogP contribution in [0.3, 0.4) is 0 Å². The molecule has 0 fully saturated rings. The van der Waals surface area contributed by atoms with Gasteiger partial charge in [0.05, 0.1) is 16.8 Å². The number of furan rings is 1. The summed E-state index contributed by atoms with van der Waals surface area (Å²) in [6.45, 7) is 0. The molecule has 11 aromatic rings. The predicted octanol–water partition coefficient (Wildman–Crippen LogP) is 15.1. The summed E-state index contributed by atoms with van der Waals surface area (Å²) in [6.07, 6.45) is 0. The Morgan fingerprint density at radius 1 is 0.323 bits per heavy atom. The van der Waals surface area contributed by atoms with Gasteiger partial charge in [0.2, 0.25) is 0 Å². The van der Waals surface area contributed by atoms with Crippen LogP contribution in [0.1, 0.15) is 22.3 Å². The summed E-state index contributed by atoms with van der Waals surface area (Å²) in [5, 5.41) is 2.23. The van der Waals surface area contributed by atoms with Gasteiger partial charge in [-0.3, -0.25) is 0 Å². The summed E-state index contributed by atoms with van der Waals surface area (Å²) in [5.74, 6) is 0.688. The Kier molecular flexibility index (Phi) is 8.39. The molecule has 0 unspecified atom stereocenters. The SMILES string of the molecule is c1ccc(-c2nc(-c3ccc(-c4ccc5c(c4)-c4ccccc4C5(c4ccccc4)c4ccccc4)cc3)cc(-c3cccc(-c4cccc5oc6ccccc6c45)c3)n2)cc1. The van der Waals surface area contributed by atoms with Gasteiger partial charge in [-0.05, 0) is 86.0 Å². The highest BCUT2D eigenvalue weighted by molar-refractivity contribution is 6.12. The van der Waals surface area contributed by atoms with Crippen molar-refractivity contribution in [3.05, 3.63) is 253 Å². The highest BCUT2D eigenvalue weighted by Crippen LogP contribution is 2.56. The second kappa shape index (κ2) is 14.5. The molecule has 0 amide bonds. The van der Waals surface area contributed by atoms with Crippen molar-refractivity contribution in [3.8, 4) is 67.3 Å². The van der Waals surface area contributed by atoms with Crippen LogP contribution in [0, 0.1) is 0 Å². The van der Waals surface area contributed by atoms with Crippen LogP contribution in [0.15, 0.2) is 235 Å². The summed E-state index contributed by atoms with van der Waals surface area (Å²) in [4.78, 5) is 10.4. The lowest BCUT2D eigenvalue weighted by Gasteiger charge is -2.33. The van der Waals surface area contributed by atoms with E-state index in [0.29, 0.717) is 5.82 Å². The van der Waals surface area contributed by atoms with E-state index in [1.165, 1.54) is 38.9 Å². The molecule has 0 saturated heterocycles. The van der Waals surface area contributed by atoms with Crippen LogP contribution in [0.5, 0.6) is 0 Å². The van der Waals surface area contributed by atoms with Gasteiger partial charge in [-0.25, -0.2) is 9.97 Å². The van der Waals surface area contributed by atoms with Crippen LogP contribution < -0.4 is 0 Å². The quantitative estimate of drug-likeness (QED) is 0.161. The van der Waals surface area contributed by atoms with Crippen LogP contribution in [-0.2, 0) is 5.41 Å². The molecule has 2 heterocycles. The molecule has 3 heteroatoms. The second-order valence-corrected chi connectivity index (χ2v) is 16.1. The number of hydrogen-bond donors (Lipinski definition) is 0. The first-order chi connectivity index (χ1) is 30.7. The smallest absolute Gasteiger partial charge is 0.160 e. The molecule has 62 heavy (non-hydrogen) atoms. The van der Waals surface area contributed by atoms with Gasteiger partial charge in [0.25, 0.3) is 0 Å². The van der Waals surface area contributed by atoms with E-state index in [1.807, 2.05) is 36.4 Å². The van der Waals surface area contributed by atoms with Gasteiger partial charge >= 0.3 is 0 Å². The molecule has 0 atom stereocenters.